The SMILES string of the molecule is CNNC(=O)C(=O)N(C)SC1=CC(=O)NC1=O. The number of hydrazine groups is 1. The van der Waals surface area contributed by atoms with Gasteiger partial charge in [-0.05, 0) is 11.9 Å². The van der Waals surface area contributed by atoms with Crippen molar-refractivity contribution in [3.05, 3.63) is 11.0 Å². The zero-order chi connectivity index (χ0) is 13.0. The topological polar surface area (TPSA) is 108 Å². The Morgan fingerprint density at radius 3 is 2.53 bits per heavy atom. The van der Waals surface area contributed by atoms with Gasteiger partial charge in [-0.3, -0.25) is 34.2 Å². The maximum atomic E-state index is 11.4. The molecule has 0 aromatic carbocycles. The summed E-state index contributed by atoms with van der Waals surface area (Å²) in [6.45, 7) is 0. The Morgan fingerprint density at radius 1 is 1.41 bits per heavy atom. The lowest BCUT2D eigenvalue weighted by Gasteiger charge is -2.14. The van der Waals surface area contributed by atoms with E-state index in [9.17, 15) is 19.2 Å². The summed E-state index contributed by atoms with van der Waals surface area (Å²) in [4.78, 5) is 44.6. The van der Waals surface area contributed by atoms with Gasteiger partial charge in [-0.25, -0.2) is 5.43 Å². The lowest BCUT2D eigenvalue weighted by Crippen LogP contribution is -2.43. The van der Waals surface area contributed by atoms with Crippen LogP contribution in [-0.2, 0) is 19.2 Å². The molecule has 0 spiro atoms. The van der Waals surface area contributed by atoms with Crippen LogP contribution in [0.4, 0.5) is 0 Å². The Bertz CT molecular complexity index is 420. The van der Waals surface area contributed by atoms with Crippen LogP contribution in [0.2, 0.25) is 0 Å². The van der Waals surface area contributed by atoms with Crippen molar-refractivity contribution in [3.63, 3.8) is 0 Å². The van der Waals surface area contributed by atoms with E-state index < -0.39 is 23.6 Å². The molecule has 9 heteroatoms. The molecule has 1 heterocycles. The van der Waals surface area contributed by atoms with Crippen molar-refractivity contribution in [1.29, 1.82) is 0 Å². The van der Waals surface area contributed by atoms with E-state index >= 15 is 0 Å². The summed E-state index contributed by atoms with van der Waals surface area (Å²) in [6, 6.07) is 0. The van der Waals surface area contributed by atoms with Crippen molar-refractivity contribution < 1.29 is 19.2 Å². The van der Waals surface area contributed by atoms with Crippen LogP contribution in [0.25, 0.3) is 0 Å². The molecule has 0 aromatic heterocycles. The van der Waals surface area contributed by atoms with Gasteiger partial charge in [0, 0.05) is 20.2 Å². The van der Waals surface area contributed by atoms with Gasteiger partial charge in [-0.2, -0.15) is 0 Å². The third-order valence-corrected chi connectivity index (χ3v) is 2.62. The molecule has 17 heavy (non-hydrogen) atoms. The highest BCUT2D eigenvalue weighted by Crippen LogP contribution is 2.22. The maximum Gasteiger partial charge on any atom is 0.324 e. The molecular formula is C8H10N4O4S. The highest BCUT2D eigenvalue weighted by atomic mass is 32.2. The van der Waals surface area contributed by atoms with Crippen molar-refractivity contribution in [2.24, 2.45) is 0 Å². The molecule has 1 rings (SSSR count). The molecule has 0 bridgehead atoms. The maximum absolute atomic E-state index is 11.4. The van der Waals surface area contributed by atoms with E-state index in [1.807, 2.05) is 5.32 Å². The molecule has 0 fully saturated rings. The fourth-order valence-corrected chi connectivity index (χ4v) is 1.72. The summed E-state index contributed by atoms with van der Waals surface area (Å²) < 4.78 is 0.955. The molecule has 3 N–H and O–H groups in total. The molecule has 0 unspecified atom stereocenters. The number of carbonyl (C=O) groups excluding carboxylic acids is 4. The second-order valence-corrected chi connectivity index (χ2v) is 4.10. The van der Waals surface area contributed by atoms with Gasteiger partial charge in [-0.1, -0.05) is 0 Å². The molecule has 1 aliphatic heterocycles. The van der Waals surface area contributed by atoms with Gasteiger partial charge in [0.15, 0.2) is 0 Å². The zero-order valence-corrected chi connectivity index (χ0v) is 9.88. The van der Waals surface area contributed by atoms with Crippen LogP contribution >= 0.6 is 11.9 Å². The molecule has 4 amide bonds. The van der Waals surface area contributed by atoms with E-state index in [0.29, 0.717) is 11.9 Å². The summed E-state index contributed by atoms with van der Waals surface area (Å²) >= 11 is 0.705. The van der Waals surface area contributed by atoms with Crippen molar-refractivity contribution in [3.8, 4) is 0 Å². The Morgan fingerprint density at radius 2 is 2.06 bits per heavy atom. The fraction of sp³-hybridized carbons (Fsp3) is 0.250. The van der Waals surface area contributed by atoms with Crippen molar-refractivity contribution >= 4 is 35.6 Å². The van der Waals surface area contributed by atoms with Crippen LogP contribution in [0.3, 0.4) is 0 Å². The molecular weight excluding hydrogens is 248 g/mol. The number of nitrogens with one attached hydrogen (secondary N) is 3. The average Bonchev–Trinajstić information content (AvgIpc) is 2.56. The number of imide groups is 1. The minimum absolute atomic E-state index is 0.0584. The summed E-state index contributed by atoms with van der Waals surface area (Å²) in [5.74, 6) is -2.85. The van der Waals surface area contributed by atoms with Crippen LogP contribution in [0.5, 0.6) is 0 Å². The number of carbonyl (C=O) groups is 4. The second kappa shape index (κ2) is 5.46. The van der Waals surface area contributed by atoms with Crippen molar-refractivity contribution in [2.75, 3.05) is 14.1 Å². The number of hydrogen-bond donors (Lipinski definition) is 3. The van der Waals surface area contributed by atoms with Gasteiger partial charge < -0.3 is 0 Å². The van der Waals surface area contributed by atoms with E-state index in [1.54, 1.807) is 0 Å². The summed E-state index contributed by atoms with van der Waals surface area (Å²) in [7, 11) is 2.75. The van der Waals surface area contributed by atoms with Crippen molar-refractivity contribution in [2.45, 2.75) is 0 Å². The summed E-state index contributed by atoms with van der Waals surface area (Å²) in [5.41, 5.74) is 4.40. The van der Waals surface area contributed by atoms with Crippen LogP contribution in [0, 0.1) is 0 Å². The molecule has 1 aliphatic rings. The lowest BCUT2D eigenvalue weighted by molar-refractivity contribution is -0.142. The molecule has 92 valence electrons. The highest BCUT2D eigenvalue weighted by molar-refractivity contribution is 8.02. The van der Waals surface area contributed by atoms with Crippen LogP contribution in [-0.4, -0.2) is 42.0 Å². The third kappa shape index (κ3) is 3.29. The van der Waals surface area contributed by atoms with Gasteiger partial charge >= 0.3 is 11.8 Å². The molecule has 0 atom stereocenters. The first kappa shape index (κ1) is 13.2. The minimum atomic E-state index is -0.868. The molecule has 0 radical (unpaired) electrons. The normalized spacial score (nSPS) is 14.1. The fourth-order valence-electron chi connectivity index (χ4n) is 0.961. The lowest BCUT2D eigenvalue weighted by atomic mass is 10.5. The van der Waals surface area contributed by atoms with Gasteiger partial charge in [-0.15, -0.1) is 0 Å². The smallest absolute Gasteiger partial charge is 0.288 e. The van der Waals surface area contributed by atoms with Crippen LogP contribution < -0.4 is 16.2 Å². The van der Waals surface area contributed by atoms with E-state index in [4.69, 9.17) is 0 Å². The number of rotatable bonds is 3. The number of hydrogen-bond acceptors (Lipinski definition) is 6. The Labute approximate surface area is 101 Å². The third-order valence-electron chi connectivity index (χ3n) is 1.68. The molecule has 0 aliphatic carbocycles. The van der Waals surface area contributed by atoms with E-state index in [1.165, 1.54) is 14.1 Å². The van der Waals surface area contributed by atoms with E-state index in [2.05, 4.69) is 10.9 Å². The molecule has 0 saturated carbocycles. The quantitative estimate of drug-likeness (QED) is 0.231. The summed E-state index contributed by atoms with van der Waals surface area (Å²) in [6.07, 6.45) is 1.06. The highest BCUT2D eigenvalue weighted by Gasteiger charge is 2.26. The first-order valence-electron chi connectivity index (χ1n) is 4.45. The van der Waals surface area contributed by atoms with Crippen LogP contribution in [0.1, 0.15) is 0 Å². The van der Waals surface area contributed by atoms with E-state index in [0.717, 1.165) is 10.4 Å². The number of likely N-dealkylation sites (N-methyl/N-ethyl adjacent to an activating group) is 1. The van der Waals surface area contributed by atoms with E-state index in [-0.39, 0.29) is 4.91 Å². The van der Waals surface area contributed by atoms with Gasteiger partial charge in [0.25, 0.3) is 11.8 Å². The molecule has 8 nitrogen and oxygen atoms in total. The zero-order valence-electron chi connectivity index (χ0n) is 9.07. The summed E-state index contributed by atoms with van der Waals surface area (Å²) in [5, 5.41) is 2.02. The minimum Gasteiger partial charge on any atom is -0.288 e. The van der Waals surface area contributed by atoms with Gasteiger partial charge in [0.05, 0.1) is 4.91 Å². The van der Waals surface area contributed by atoms with Crippen LogP contribution in [0.15, 0.2) is 11.0 Å². The molecule has 0 saturated heterocycles. The predicted octanol–water partition coefficient (Wildman–Crippen LogP) is -2.12. The largest absolute Gasteiger partial charge is 0.324 e. The number of amides is 4. The van der Waals surface area contributed by atoms with Gasteiger partial charge in [0.2, 0.25) is 0 Å². The first-order valence-corrected chi connectivity index (χ1v) is 5.22. The average molecular weight is 258 g/mol. The predicted molar refractivity (Wildman–Crippen MR) is 58.8 cm³/mol. The molecule has 0 aromatic rings. The number of nitrogens with zero attached hydrogens (tertiary/aromatic N) is 1. The second-order valence-electron chi connectivity index (χ2n) is 2.92. The van der Waals surface area contributed by atoms with Crippen molar-refractivity contribution in [1.82, 2.24) is 20.5 Å². The Balaban J connectivity index is 2.60. The Hall–Kier alpha value is -1.87. The van der Waals surface area contributed by atoms with Gasteiger partial charge in [0.1, 0.15) is 0 Å². The first-order chi connectivity index (χ1) is 7.95. The Kier molecular flexibility index (Phi) is 4.24. The monoisotopic (exact) mass is 258 g/mol. The standard InChI is InChI=1S/C8H10N4O4S/c1-9-11-7(15)8(16)12(2)17-4-3-5(13)10-6(4)14/h3,9H,1-2H3,(H,11,15)(H,10,13,14).